The fourth-order valence-corrected chi connectivity index (χ4v) is 3.70. The average Bonchev–Trinajstić information content (AvgIpc) is 2.25. The van der Waals surface area contributed by atoms with Crippen LogP contribution in [0.5, 0.6) is 0 Å². The van der Waals surface area contributed by atoms with Gasteiger partial charge in [0.25, 0.3) is 0 Å². The van der Waals surface area contributed by atoms with Crippen molar-refractivity contribution < 1.29 is 13.2 Å². The third kappa shape index (κ3) is 1.99. The number of benzene rings is 1. The highest BCUT2D eigenvalue weighted by Gasteiger charge is 2.35. The Bertz CT molecular complexity index is 606. The molecule has 0 amide bonds. The van der Waals surface area contributed by atoms with Crippen molar-refractivity contribution in [2.75, 3.05) is 0 Å². The Morgan fingerprint density at radius 1 is 1.22 bits per heavy atom. The molecule has 0 aromatic heterocycles. The van der Waals surface area contributed by atoms with E-state index < -0.39 is 15.1 Å². The Labute approximate surface area is 108 Å². The van der Waals surface area contributed by atoms with Crippen molar-refractivity contribution in [2.24, 2.45) is 0 Å². The minimum atomic E-state index is -3.34. The molecule has 1 aliphatic heterocycles. The molecule has 0 saturated carbocycles. The van der Waals surface area contributed by atoms with Crippen LogP contribution < -0.4 is 0 Å². The zero-order chi connectivity index (χ0) is 13.7. The lowest BCUT2D eigenvalue weighted by Crippen LogP contribution is -2.29. The van der Waals surface area contributed by atoms with Crippen molar-refractivity contribution >= 4 is 15.6 Å². The van der Waals surface area contributed by atoms with E-state index in [2.05, 4.69) is 0 Å². The van der Waals surface area contributed by atoms with Gasteiger partial charge in [-0.1, -0.05) is 26.8 Å². The molecule has 0 aliphatic carbocycles. The summed E-state index contributed by atoms with van der Waals surface area (Å²) >= 11 is 0. The van der Waals surface area contributed by atoms with Gasteiger partial charge in [0.15, 0.2) is 15.6 Å². The number of ketones is 1. The molecule has 18 heavy (non-hydrogen) atoms. The minimum absolute atomic E-state index is 0.0709. The molecule has 1 aromatic carbocycles. The summed E-state index contributed by atoms with van der Waals surface area (Å²) in [6.45, 7) is 7.71. The molecule has 1 atom stereocenters. The summed E-state index contributed by atoms with van der Waals surface area (Å²) in [6, 6.07) is 5.13. The molecule has 1 heterocycles. The highest BCUT2D eigenvalue weighted by molar-refractivity contribution is 7.92. The molecule has 0 spiro atoms. The van der Waals surface area contributed by atoms with Crippen LogP contribution in [0.1, 0.15) is 50.0 Å². The fraction of sp³-hybridized carbons (Fsp3) is 0.500. The van der Waals surface area contributed by atoms with E-state index in [1.54, 1.807) is 19.1 Å². The van der Waals surface area contributed by atoms with Gasteiger partial charge in [0.2, 0.25) is 0 Å². The first-order valence-electron chi connectivity index (χ1n) is 6.05. The van der Waals surface area contributed by atoms with Crippen LogP contribution in [-0.2, 0) is 15.3 Å². The first kappa shape index (κ1) is 13.3. The molecule has 0 N–H and O–H groups in total. The van der Waals surface area contributed by atoms with Gasteiger partial charge in [-0.15, -0.1) is 0 Å². The summed E-state index contributed by atoms with van der Waals surface area (Å²) in [6.07, 6.45) is 0.0862. The first-order chi connectivity index (χ1) is 8.14. The molecule has 1 aliphatic rings. The third-order valence-corrected chi connectivity index (χ3v) is 5.65. The molecule has 0 saturated heterocycles. The van der Waals surface area contributed by atoms with Gasteiger partial charge in [-0.05, 0) is 30.0 Å². The molecular formula is C14H18O3S. The molecule has 1 unspecified atom stereocenters. The van der Waals surface area contributed by atoms with Crippen molar-refractivity contribution in [3.05, 3.63) is 29.3 Å². The minimum Gasteiger partial charge on any atom is -0.294 e. The fourth-order valence-electron chi connectivity index (χ4n) is 2.16. The maximum Gasteiger partial charge on any atom is 0.182 e. The topological polar surface area (TPSA) is 51.2 Å². The van der Waals surface area contributed by atoms with Gasteiger partial charge in [0.05, 0.1) is 10.1 Å². The van der Waals surface area contributed by atoms with E-state index in [0.717, 1.165) is 5.56 Å². The van der Waals surface area contributed by atoms with Crippen LogP contribution in [0.3, 0.4) is 0 Å². The zero-order valence-electron chi connectivity index (χ0n) is 11.1. The lowest BCUT2D eigenvalue weighted by Gasteiger charge is -2.25. The van der Waals surface area contributed by atoms with Gasteiger partial charge in [-0.25, -0.2) is 8.42 Å². The number of hydrogen-bond acceptors (Lipinski definition) is 3. The van der Waals surface area contributed by atoms with Crippen molar-refractivity contribution in [1.29, 1.82) is 0 Å². The molecule has 98 valence electrons. The highest BCUT2D eigenvalue weighted by Crippen LogP contribution is 2.33. The second kappa shape index (κ2) is 3.92. The summed E-state index contributed by atoms with van der Waals surface area (Å²) in [5.74, 6) is -0.0709. The Kier molecular flexibility index (Phi) is 2.89. The van der Waals surface area contributed by atoms with E-state index in [1.807, 2.05) is 26.8 Å². The number of hydrogen-bond donors (Lipinski definition) is 0. The largest absolute Gasteiger partial charge is 0.294 e. The molecular weight excluding hydrogens is 248 g/mol. The summed E-state index contributed by atoms with van der Waals surface area (Å²) in [4.78, 5) is 12.2. The second-order valence-electron chi connectivity index (χ2n) is 5.94. The summed E-state index contributed by atoms with van der Waals surface area (Å²) in [5.41, 5.74) is 1.25. The lowest BCUT2D eigenvalue weighted by atomic mass is 9.85. The van der Waals surface area contributed by atoms with Crippen molar-refractivity contribution in [3.63, 3.8) is 0 Å². The average molecular weight is 266 g/mol. The van der Waals surface area contributed by atoms with Crippen molar-refractivity contribution in [1.82, 2.24) is 0 Å². The normalized spacial score (nSPS) is 22.7. The molecule has 4 heteroatoms. The van der Waals surface area contributed by atoms with Crippen LogP contribution in [0.4, 0.5) is 0 Å². The van der Waals surface area contributed by atoms with E-state index in [0.29, 0.717) is 5.56 Å². The predicted molar refractivity (Wildman–Crippen MR) is 70.7 cm³/mol. The van der Waals surface area contributed by atoms with Crippen LogP contribution in [0.25, 0.3) is 0 Å². The quantitative estimate of drug-likeness (QED) is 0.725. The number of carbonyl (C=O) groups excluding carboxylic acids is 1. The lowest BCUT2D eigenvalue weighted by molar-refractivity contribution is 0.0975. The van der Waals surface area contributed by atoms with Crippen LogP contribution in [-0.4, -0.2) is 19.5 Å². The number of carbonyl (C=O) groups is 1. The molecule has 1 aromatic rings. The predicted octanol–water partition coefficient (Wildman–Crippen LogP) is 2.73. The van der Waals surface area contributed by atoms with E-state index >= 15 is 0 Å². The van der Waals surface area contributed by atoms with Gasteiger partial charge in [0, 0.05) is 12.0 Å². The molecule has 3 nitrogen and oxygen atoms in total. The number of rotatable bonds is 0. The van der Waals surface area contributed by atoms with Gasteiger partial charge in [-0.3, -0.25) is 4.79 Å². The molecule has 0 bridgehead atoms. The molecule has 0 radical (unpaired) electrons. The highest BCUT2D eigenvalue weighted by atomic mass is 32.2. The van der Waals surface area contributed by atoms with Crippen molar-refractivity contribution in [3.8, 4) is 0 Å². The smallest absolute Gasteiger partial charge is 0.182 e. The maximum absolute atomic E-state index is 12.2. The van der Waals surface area contributed by atoms with Crippen LogP contribution >= 0.6 is 0 Å². The Hall–Kier alpha value is -1.16. The SMILES string of the molecule is CC1CC(=O)c2cc(C(C)(C)C)ccc2S1(=O)=O. The van der Waals surface area contributed by atoms with Crippen molar-refractivity contribution in [2.45, 2.75) is 49.7 Å². The summed E-state index contributed by atoms with van der Waals surface area (Å²) < 4.78 is 24.3. The van der Waals surface area contributed by atoms with Gasteiger partial charge in [-0.2, -0.15) is 0 Å². The van der Waals surface area contributed by atoms with Gasteiger partial charge < -0.3 is 0 Å². The summed E-state index contributed by atoms with van der Waals surface area (Å²) in [7, 11) is -3.34. The monoisotopic (exact) mass is 266 g/mol. The maximum atomic E-state index is 12.2. The standard InChI is InChI=1S/C14H18O3S/c1-9-7-12(15)11-8-10(14(2,3)4)5-6-13(11)18(9,16)17/h5-6,8-9H,7H2,1-4H3. The number of Topliss-reactive ketones (excluding diaryl/α,β-unsaturated/α-hetero) is 1. The van der Waals surface area contributed by atoms with Crippen LogP contribution in [0.15, 0.2) is 23.1 Å². The van der Waals surface area contributed by atoms with Crippen LogP contribution in [0.2, 0.25) is 0 Å². The van der Waals surface area contributed by atoms with Gasteiger partial charge >= 0.3 is 0 Å². The van der Waals surface area contributed by atoms with E-state index in [4.69, 9.17) is 0 Å². The summed E-state index contributed by atoms with van der Waals surface area (Å²) in [5, 5.41) is -0.613. The zero-order valence-corrected chi connectivity index (χ0v) is 12.0. The Balaban J connectivity index is 2.68. The number of sulfone groups is 1. The first-order valence-corrected chi connectivity index (χ1v) is 7.60. The molecule has 2 rings (SSSR count). The molecule has 0 fully saturated rings. The van der Waals surface area contributed by atoms with E-state index in [9.17, 15) is 13.2 Å². The Morgan fingerprint density at radius 2 is 1.83 bits per heavy atom. The number of fused-ring (bicyclic) bond motifs is 1. The van der Waals surface area contributed by atoms with Crippen LogP contribution in [0, 0.1) is 0 Å². The van der Waals surface area contributed by atoms with E-state index in [1.165, 1.54) is 0 Å². The Morgan fingerprint density at radius 3 is 2.39 bits per heavy atom. The second-order valence-corrected chi connectivity index (χ2v) is 8.28. The van der Waals surface area contributed by atoms with E-state index in [-0.39, 0.29) is 22.5 Å². The van der Waals surface area contributed by atoms with Gasteiger partial charge in [0.1, 0.15) is 0 Å². The third-order valence-electron chi connectivity index (χ3n) is 3.46.